The molecule has 1 atom stereocenters. The number of benzene rings is 1. The Bertz CT molecular complexity index is 518. The number of halogens is 1. The molecular weight excluding hydrogens is 219 g/mol. The van der Waals surface area contributed by atoms with Gasteiger partial charge in [-0.05, 0) is 19.0 Å². The third-order valence-electron chi connectivity index (χ3n) is 3.19. The summed E-state index contributed by atoms with van der Waals surface area (Å²) in [6.07, 6.45) is 2.61. The van der Waals surface area contributed by atoms with Crippen LogP contribution in [0.1, 0.15) is 18.1 Å². The molecule has 0 amide bonds. The number of nitrogens with zero attached hydrogens (tertiary/aromatic N) is 1. The first-order valence-electron chi connectivity index (χ1n) is 5.76. The Balaban J connectivity index is 2.04. The molecule has 88 valence electrons. The van der Waals surface area contributed by atoms with Crippen LogP contribution >= 0.6 is 0 Å². The van der Waals surface area contributed by atoms with E-state index in [0.717, 1.165) is 30.8 Å². The maximum Gasteiger partial charge on any atom is 0.149 e. The predicted molar refractivity (Wildman–Crippen MR) is 62.1 cm³/mol. The number of nitrogens with one attached hydrogen (secondary N) is 1. The Morgan fingerprint density at radius 3 is 2.94 bits per heavy atom. The van der Waals surface area contributed by atoms with Crippen LogP contribution in [0.25, 0.3) is 11.1 Å². The summed E-state index contributed by atoms with van der Waals surface area (Å²) in [6, 6.07) is 6.72. The first-order valence-corrected chi connectivity index (χ1v) is 5.76. The van der Waals surface area contributed by atoms with Gasteiger partial charge < -0.3 is 9.84 Å². The van der Waals surface area contributed by atoms with E-state index in [4.69, 9.17) is 4.52 Å². The van der Waals surface area contributed by atoms with E-state index in [2.05, 4.69) is 10.5 Å². The standard InChI is InChI=1S/C13H13FN2O/c14-12-4-2-1-3-10(12)11-8-16-17-13(11)9-5-6-15-7-9/h1-4,8-9,15H,5-7H2. The summed E-state index contributed by atoms with van der Waals surface area (Å²) in [5, 5.41) is 7.09. The molecular formula is C13H13FN2O. The monoisotopic (exact) mass is 232 g/mol. The van der Waals surface area contributed by atoms with Gasteiger partial charge >= 0.3 is 0 Å². The van der Waals surface area contributed by atoms with Crippen molar-refractivity contribution in [2.45, 2.75) is 12.3 Å². The zero-order chi connectivity index (χ0) is 11.7. The minimum Gasteiger partial charge on any atom is -0.360 e. The number of aromatic nitrogens is 1. The van der Waals surface area contributed by atoms with E-state index in [-0.39, 0.29) is 5.82 Å². The average Bonchev–Trinajstić information content (AvgIpc) is 3.00. The van der Waals surface area contributed by atoms with Crippen LogP contribution in [0, 0.1) is 5.82 Å². The maximum absolute atomic E-state index is 13.7. The van der Waals surface area contributed by atoms with Crippen LogP contribution < -0.4 is 5.32 Å². The van der Waals surface area contributed by atoms with E-state index >= 15 is 0 Å². The molecule has 17 heavy (non-hydrogen) atoms. The van der Waals surface area contributed by atoms with Gasteiger partial charge in [0.25, 0.3) is 0 Å². The molecule has 3 rings (SSSR count). The topological polar surface area (TPSA) is 38.1 Å². The van der Waals surface area contributed by atoms with Crippen molar-refractivity contribution in [3.63, 3.8) is 0 Å². The molecule has 1 saturated heterocycles. The quantitative estimate of drug-likeness (QED) is 0.864. The van der Waals surface area contributed by atoms with Crippen LogP contribution in [0.3, 0.4) is 0 Å². The summed E-state index contributed by atoms with van der Waals surface area (Å²) in [5.41, 5.74) is 1.34. The van der Waals surface area contributed by atoms with Crippen molar-refractivity contribution >= 4 is 0 Å². The van der Waals surface area contributed by atoms with Crippen molar-refractivity contribution in [3.8, 4) is 11.1 Å². The van der Waals surface area contributed by atoms with Crippen LogP contribution in [-0.2, 0) is 0 Å². The summed E-state index contributed by atoms with van der Waals surface area (Å²) in [4.78, 5) is 0. The highest BCUT2D eigenvalue weighted by Crippen LogP contribution is 2.33. The van der Waals surface area contributed by atoms with Gasteiger partial charge in [0.05, 0.1) is 6.20 Å². The van der Waals surface area contributed by atoms with E-state index < -0.39 is 0 Å². The second-order valence-electron chi connectivity index (χ2n) is 4.27. The SMILES string of the molecule is Fc1ccccc1-c1cnoc1C1CCNC1. The second kappa shape index (κ2) is 4.30. The van der Waals surface area contributed by atoms with Gasteiger partial charge in [-0.3, -0.25) is 0 Å². The van der Waals surface area contributed by atoms with Gasteiger partial charge in [0.2, 0.25) is 0 Å². The fourth-order valence-electron chi connectivity index (χ4n) is 2.30. The lowest BCUT2D eigenvalue weighted by molar-refractivity contribution is 0.365. The largest absolute Gasteiger partial charge is 0.360 e. The Kier molecular flexibility index (Phi) is 2.65. The molecule has 2 aromatic rings. The van der Waals surface area contributed by atoms with Crippen molar-refractivity contribution in [2.75, 3.05) is 13.1 Å². The summed E-state index contributed by atoms with van der Waals surface area (Å²) in [7, 11) is 0. The third-order valence-corrected chi connectivity index (χ3v) is 3.19. The lowest BCUT2D eigenvalue weighted by Gasteiger charge is -2.07. The molecule has 0 radical (unpaired) electrons. The third kappa shape index (κ3) is 1.85. The smallest absolute Gasteiger partial charge is 0.149 e. The molecule has 1 N–H and O–H groups in total. The van der Waals surface area contributed by atoms with Crippen molar-refractivity contribution in [2.24, 2.45) is 0 Å². The normalized spacial score (nSPS) is 19.7. The molecule has 1 aliphatic rings. The van der Waals surface area contributed by atoms with Gasteiger partial charge in [-0.25, -0.2) is 4.39 Å². The summed E-state index contributed by atoms with van der Waals surface area (Å²) >= 11 is 0. The van der Waals surface area contributed by atoms with Crippen molar-refractivity contribution in [3.05, 3.63) is 42.0 Å². The zero-order valence-electron chi connectivity index (χ0n) is 9.32. The summed E-state index contributed by atoms with van der Waals surface area (Å²) in [5.74, 6) is 0.857. The summed E-state index contributed by atoms with van der Waals surface area (Å²) in [6.45, 7) is 1.85. The number of hydrogen-bond donors (Lipinski definition) is 1. The second-order valence-corrected chi connectivity index (χ2v) is 4.27. The Labute approximate surface area is 98.6 Å². The molecule has 3 nitrogen and oxygen atoms in total. The lowest BCUT2D eigenvalue weighted by atomic mass is 9.97. The number of hydrogen-bond acceptors (Lipinski definition) is 3. The molecule has 0 bridgehead atoms. The molecule has 1 fully saturated rings. The van der Waals surface area contributed by atoms with Crippen LogP contribution in [0.5, 0.6) is 0 Å². The van der Waals surface area contributed by atoms with Crippen LogP contribution in [0.4, 0.5) is 4.39 Å². The lowest BCUT2D eigenvalue weighted by Crippen LogP contribution is -2.08. The molecule has 4 heteroatoms. The highest BCUT2D eigenvalue weighted by atomic mass is 19.1. The first-order chi connectivity index (χ1) is 8.36. The molecule has 0 aliphatic carbocycles. The van der Waals surface area contributed by atoms with E-state index in [1.807, 2.05) is 6.07 Å². The van der Waals surface area contributed by atoms with Gasteiger partial charge in [0, 0.05) is 23.6 Å². The highest BCUT2D eigenvalue weighted by Gasteiger charge is 2.25. The van der Waals surface area contributed by atoms with Crippen molar-refractivity contribution < 1.29 is 8.91 Å². The van der Waals surface area contributed by atoms with Crippen LogP contribution in [0.2, 0.25) is 0 Å². The summed E-state index contributed by atoms with van der Waals surface area (Å²) < 4.78 is 19.0. The Morgan fingerprint density at radius 1 is 1.29 bits per heavy atom. The minimum absolute atomic E-state index is 0.233. The highest BCUT2D eigenvalue weighted by molar-refractivity contribution is 5.65. The first kappa shape index (κ1) is 10.5. The fourth-order valence-corrected chi connectivity index (χ4v) is 2.30. The van der Waals surface area contributed by atoms with Gasteiger partial charge in [-0.15, -0.1) is 0 Å². The molecule has 1 aromatic carbocycles. The van der Waals surface area contributed by atoms with E-state index in [1.54, 1.807) is 18.3 Å². The van der Waals surface area contributed by atoms with Crippen molar-refractivity contribution in [1.82, 2.24) is 10.5 Å². The average molecular weight is 232 g/mol. The van der Waals surface area contributed by atoms with Gasteiger partial charge in [0.15, 0.2) is 0 Å². The van der Waals surface area contributed by atoms with Gasteiger partial charge in [-0.2, -0.15) is 0 Å². The molecule has 1 aliphatic heterocycles. The molecule has 0 spiro atoms. The van der Waals surface area contributed by atoms with E-state index in [9.17, 15) is 4.39 Å². The van der Waals surface area contributed by atoms with Gasteiger partial charge in [-0.1, -0.05) is 23.4 Å². The van der Waals surface area contributed by atoms with Gasteiger partial charge in [0.1, 0.15) is 11.6 Å². The molecule has 1 aromatic heterocycles. The molecule has 2 heterocycles. The number of rotatable bonds is 2. The van der Waals surface area contributed by atoms with E-state index in [1.165, 1.54) is 6.07 Å². The van der Waals surface area contributed by atoms with E-state index in [0.29, 0.717) is 11.5 Å². The van der Waals surface area contributed by atoms with Crippen LogP contribution in [0.15, 0.2) is 35.0 Å². The van der Waals surface area contributed by atoms with Crippen molar-refractivity contribution in [1.29, 1.82) is 0 Å². The minimum atomic E-state index is -0.233. The zero-order valence-corrected chi connectivity index (χ0v) is 9.32. The Morgan fingerprint density at radius 2 is 2.18 bits per heavy atom. The fraction of sp³-hybridized carbons (Fsp3) is 0.308. The molecule has 0 saturated carbocycles. The molecule has 1 unspecified atom stereocenters. The Hall–Kier alpha value is -1.68. The predicted octanol–water partition coefficient (Wildman–Crippen LogP) is 2.56. The van der Waals surface area contributed by atoms with Crippen LogP contribution in [-0.4, -0.2) is 18.2 Å². The maximum atomic E-state index is 13.7.